The highest BCUT2D eigenvalue weighted by Gasteiger charge is 2.11. The van der Waals surface area contributed by atoms with Crippen LogP contribution in [0.15, 0.2) is 30.3 Å². The van der Waals surface area contributed by atoms with Crippen molar-refractivity contribution in [2.24, 2.45) is 0 Å². The Bertz CT molecular complexity index is 747. The normalized spacial score (nSPS) is 9.58. The molecule has 0 atom stereocenters. The first-order valence-corrected chi connectivity index (χ1v) is 6.53. The lowest BCUT2D eigenvalue weighted by molar-refractivity contribution is 0.0599. The van der Waals surface area contributed by atoms with Crippen LogP contribution in [-0.4, -0.2) is 44.6 Å². The topological polar surface area (TPSA) is 145 Å². The number of rotatable bonds is 2. The van der Waals surface area contributed by atoms with Crippen LogP contribution in [0.1, 0.15) is 26.3 Å². The lowest BCUT2D eigenvalue weighted by Gasteiger charge is -2.03. The summed E-state index contributed by atoms with van der Waals surface area (Å²) in [6.07, 6.45) is 0. The molecule has 0 spiro atoms. The molecule has 0 fully saturated rings. The average Bonchev–Trinajstić information content (AvgIpc) is 2.49. The summed E-state index contributed by atoms with van der Waals surface area (Å²) in [6, 6.07) is 5.75. The Labute approximate surface area is 136 Å². The van der Waals surface area contributed by atoms with Gasteiger partial charge in [0.1, 0.15) is 23.0 Å². The van der Waals surface area contributed by atoms with E-state index in [2.05, 4.69) is 4.74 Å². The van der Waals surface area contributed by atoms with Gasteiger partial charge in [-0.3, -0.25) is 0 Å². The number of carboxylic acids is 1. The van der Waals surface area contributed by atoms with Gasteiger partial charge in [-0.15, -0.1) is 0 Å². The molecular formula is C16H16O8. The third kappa shape index (κ3) is 4.80. The molecule has 128 valence electrons. The molecule has 8 heteroatoms. The Morgan fingerprint density at radius 3 is 1.83 bits per heavy atom. The average molecular weight is 336 g/mol. The van der Waals surface area contributed by atoms with Crippen molar-refractivity contribution in [2.75, 3.05) is 7.11 Å². The van der Waals surface area contributed by atoms with Crippen LogP contribution in [0.25, 0.3) is 0 Å². The fourth-order valence-electron chi connectivity index (χ4n) is 1.74. The van der Waals surface area contributed by atoms with Crippen LogP contribution >= 0.6 is 0 Å². The van der Waals surface area contributed by atoms with E-state index < -0.39 is 11.9 Å². The van der Waals surface area contributed by atoms with Crippen LogP contribution in [0, 0.1) is 6.92 Å². The van der Waals surface area contributed by atoms with Crippen molar-refractivity contribution in [1.82, 2.24) is 0 Å². The molecule has 0 aliphatic carbocycles. The van der Waals surface area contributed by atoms with E-state index >= 15 is 0 Å². The van der Waals surface area contributed by atoms with Crippen molar-refractivity contribution < 1.29 is 39.9 Å². The number of hydrogen-bond acceptors (Lipinski definition) is 7. The molecule has 2 rings (SSSR count). The summed E-state index contributed by atoms with van der Waals surface area (Å²) in [6.45, 7) is 1.47. The van der Waals surface area contributed by atoms with E-state index in [0.29, 0.717) is 0 Å². The van der Waals surface area contributed by atoms with Crippen LogP contribution in [0.2, 0.25) is 0 Å². The second kappa shape index (κ2) is 7.73. The van der Waals surface area contributed by atoms with Gasteiger partial charge in [-0.2, -0.15) is 0 Å². The van der Waals surface area contributed by atoms with E-state index in [9.17, 15) is 9.59 Å². The Hall–Kier alpha value is -3.42. The molecule has 2 aromatic carbocycles. The zero-order valence-corrected chi connectivity index (χ0v) is 12.8. The predicted molar refractivity (Wildman–Crippen MR) is 82.6 cm³/mol. The number of benzene rings is 2. The molecule has 2 aromatic rings. The van der Waals surface area contributed by atoms with Gasteiger partial charge in [-0.05, 0) is 25.1 Å². The van der Waals surface area contributed by atoms with Crippen LogP contribution in [-0.2, 0) is 4.74 Å². The number of ether oxygens (including phenoxy) is 1. The quantitative estimate of drug-likeness (QED) is 0.524. The molecular weight excluding hydrogens is 320 g/mol. The van der Waals surface area contributed by atoms with Gasteiger partial charge in [0.2, 0.25) is 0 Å². The number of carbonyl (C=O) groups excluding carboxylic acids is 1. The van der Waals surface area contributed by atoms with Crippen molar-refractivity contribution in [1.29, 1.82) is 0 Å². The second-order valence-corrected chi connectivity index (χ2v) is 4.67. The molecule has 0 amide bonds. The Morgan fingerprint density at radius 2 is 1.38 bits per heavy atom. The maximum absolute atomic E-state index is 10.9. The van der Waals surface area contributed by atoms with Gasteiger partial charge in [0, 0.05) is 17.7 Å². The Kier molecular flexibility index (Phi) is 6.00. The van der Waals surface area contributed by atoms with E-state index in [-0.39, 0.29) is 39.7 Å². The summed E-state index contributed by atoms with van der Waals surface area (Å²) < 4.78 is 4.39. The number of esters is 1. The van der Waals surface area contributed by atoms with Gasteiger partial charge in [-0.1, -0.05) is 0 Å². The number of methoxy groups -OCH3 is 1. The van der Waals surface area contributed by atoms with E-state index in [1.165, 1.54) is 26.2 Å². The summed E-state index contributed by atoms with van der Waals surface area (Å²) >= 11 is 0. The van der Waals surface area contributed by atoms with Gasteiger partial charge < -0.3 is 30.3 Å². The van der Waals surface area contributed by atoms with Crippen molar-refractivity contribution in [3.8, 4) is 23.0 Å². The van der Waals surface area contributed by atoms with Crippen LogP contribution in [0.5, 0.6) is 23.0 Å². The largest absolute Gasteiger partial charge is 0.508 e. The van der Waals surface area contributed by atoms with Gasteiger partial charge >= 0.3 is 11.9 Å². The lowest BCUT2D eigenvalue weighted by Crippen LogP contribution is -2.00. The standard InChI is InChI=1S/2C8H8O4/c1-12-8(11)5-2-6(9)4-7(10)3-5;1-4-6(8(11)12)2-5(9)3-7(4)10/h2-4,9-10H,1H3;2-3,9-10H,1H3,(H,11,12). The number of aromatic hydroxyl groups is 4. The second-order valence-electron chi connectivity index (χ2n) is 4.67. The third-order valence-corrected chi connectivity index (χ3v) is 2.92. The van der Waals surface area contributed by atoms with E-state index in [4.69, 9.17) is 25.5 Å². The van der Waals surface area contributed by atoms with Crippen LogP contribution < -0.4 is 0 Å². The molecule has 0 saturated carbocycles. The maximum atomic E-state index is 10.9. The minimum absolute atomic E-state index is 0.0903. The SMILES string of the molecule is COC(=O)c1cc(O)cc(O)c1.Cc1c(O)cc(O)cc1C(=O)O. The first-order valence-electron chi connectivity index (χ1n) is 6.53. The summed E-state index contributed by atoms with van der Waals surface area (Å²) in [4.78, 5) is 21.4. The van der Waals surface area contributed by atoms with Crippen molar-refractivity contribution in [3.05, 3.63) is 47.0 Å². The zero-order chi connectivity index (χ0) is 18.4. The van der Waals surface area contributed by atoms with E-state index in [0.717, 1.165) is 18.2 Å². The minimum atomic E-state index is -1.17. The van der Waals surface area contributed by atoms with Crippen LogP contribution in [0.4, 0.5) is 0 Å². The third-order valence-electron chi connectivity index (χ3n) is 2.92. The molecule has 0 bridgehead atoms. The number of aromatic carboxylic acids is 1. The predicted octanol–water partition coefficient (Wildman–Crippen LogP) is 1.99. The molecule has 5 N–H and O–H groups in total. The molecule has 0 heterocycles. The lowest BCUT2D eigenvalue weighted by atomic mass is 10.1. The van der Waals surface area contributed by atoms with Gasteiger partial charge in [-0.25, -0.2) is 9.59 Å². The summed E-state index contributed by atoms with van der Waals surface area (Å²) in [5.41, 5.74) is 0.280. The number of carboxylic acid groups (broad SMARTS) is 1. The van der Waals surface area contributed by atoms with Gasteiger partial charge in [0.25, 0.3) is 0 Å². The smallest absolute Gasteiger partial charge is 0.338 e. The highest BCUT2D eigenvalue weighted by molar-refractivity contribution is 5.91. The molecule has 8 nitrogen and oxygen atoms in total. The Morgan fingerprint density at radius 1 is 0.875 bits per heavy atom. The van der Waals surface area contributed by atoms with E-state index in [1.807, 2.05) is 0 Å². The molecule has 0 aromatic heterocycles. The van der Waals surface area contributed by atoms with Crippen LogP contribution in [0.3, 0.4) is 0 Å². The molecule has 0 radical (unpaired) electrons. The van der Waals surface area contributed by atoms with E-state index in [1.54, 1.807) is 0 Å². The molecule has 0 aliphatic rings. The van der Waals surface area contributed by atoms with Crippen molar-refractivity contribution in [3.63, 3.8) is 0 Å². The summed E-state index contributed by atoms with van der Waals surface area (Å²) in [5, 5.41) is 44.6. The first-order chi connectivity index (χ1) is 11.1. The molecule has 0 aliphatic heterocycles. The summed E-state index contributed by atoms with van der Waals surface area (Å²) in [7, 11) is 1.23. The molecule has 0 saturated heterocycles. The van der Waals surface area contributed by atoms with Crippen molar-refractivity contribution >= 4 is 11.9 Å². The molecule has 24 heavy (non-hydrogen) atoms. The summed E-state index contributed by atoms with van der Waals surface area (Å²) in [5.74, 6) is -2.58. The Balaban J connectivity index is 0.000000240. The van der Waals surface area contributed by atoms with Gasteiger partial charge in [0.15, 0.2) is 0 Å². The number of carbonyl (C=O) groups is 2. The molecule has 0 unspecified atom stereocenters. The number of phenolic OH excluding ortho intramolecular Hbond substituents is 4. The minimum Gasteiger partial charge on any atom is -0.508 e. The highest BCUT2D eigenvalue weighted by Crippen LogP contribution is 2.26. The fourth-order valence-corrected chi connectivity index (χ4v) is 1.74. The zero-order valence-electron chi connectivity index (χ0n) is 12.8. The number of hydrogen-bond donors (Lipinski definition) is 5. The van der Waals surface area contributed by atoms with Crippen molar-refractivity contribution in [2.45, 2.75) is 6.92 Å². The monoisotopic (exact) mass is 336 g/mol. The maximum Gasteiger partial charge on any atom is 0.338 e. The highest BCUT2D eigenvalue weighted by atomic mass is 16.5. The number of phenols is 4. The fraction of sp³-hybridized carbons (Fsp3) is 0.125. The first kappa shape index (κ1) is 18.6. The van der Waals surface area contributed by atoms with Gasteiger partial charge in [0.05, 0.1) is 18.2 Å².